The highest BCUT2D eigenvalue weighted by atomic mass is 35.5. The second-order valence-electron chi connectivity index (χ2n) is 2.58. The van der Waals surface area contributed by atoms with E-state index < -0.39 is 17.2 Å². The van der Waals surface area contributed by atoms with Gasteiger partial charge in [0.15, 0.2) is 11.1 Å². The maximum atomic E-state index is 10.8. The van der Waals surface area contributed by atoms with Gasteiger partial charge >= 0.3 is 0 Å². The van der Waals surface area contributed by atoms with Crippen LogP contribution in [0, 0.1) is 0 Å². The molecular weight excluding hydrogens is 212 g/mol. The molecule has 2 atom stereocenters. The normalized spacial score (nSPS) is 15.4. The quantitative estimate of drug-likeness (QED) is 0.750. The summed E-state index contributed by atoms with van der Waals surface area (Å²) in [6.07, 6.45) is -0.847. The van der Waals surface area contributed by atoms with Crippen LogP contribution in [-0.4, -0.2) is 13.9 Å². The molecule has 1 rings (SSSR count). The first-order valence-electron chi connectivity index (χ1n) is 3.61. The third kappa shape index (κ3) is 2.28. The Morgan fingerprint density at radius 3 is 2.54 bits per heavy atom. The molecule has 5 heteroatoms. The molecule has 2 unspecified atom stereocenters. The Kier molecular flexibility index (Phi) is 3.44. The second-order valence-corrected chi connectivity index (χ2v) is 3.92. The minimum atomic E-state index is -2.12. The first-order valence-corrected chi connectivity index (χ1v) is 5.10. The summed E-state index contributed by atoms with van der Waals surface area (Å²) in [5, 5.41) is 9.61. The zero-order valence-electron chi connectivity index (χ0n) is 6.90. The molecule has 72 valence electrons. The lowest BCUT2D eigenvalue weighted by atomic mass is 10.1. The van der Waals surface area contributed by atoms with E-state index in [0.717, 1.165) is 0 Å². The van der Waals surface area contributed by atoms with Gasteiger partial charge in [0.2, 0.25) is 0 Å². The SMILES string of the molecule is CC(O)c1c(Cl)cccc1S(=O)O. The van der Waals surface area contributed by atoms with Crippen molar-refractivity contribution >= 4 is 22.7 Å². The van der Waals surface area contributed by atoms with Crippen LogP contribution in [0.3, 0.4) is 0 Å². The minimum Gasteiger partial charge on any atom is -0.389 e. The Balaban J connectivity index is 3.34. The van der Waals surface area contributed by atoms with Crippen molar-refractivity contribution < 1.29 is 13.9 Å². The topological polar surface area (TPSA) is 57.5 Å². The standard InChI is InChI=1S/C8H9ClO3S/c1-5(10)8-6(9)3-2-4-7(8)13(11)12/h2-5,10H,1H3,(H,11,12). The van der Waals surface area contributed by atoms with Gasteiger partial charge in [-0.15, -0.1) is 0 Å². The fraction of sp³-hybridized carbons (Fsp3) is 0.250. The first-order chi connectivity index (χ1) is 6.04. The van der Waals surface area contributed by atoms with Gasteiger partial charge in [0, 0.05) is 10.6 Å². The van der Waals surface area contributed by atoms with Gasteiger partial charge in [0.1, 0.15) is 0 Å². The number of benzene rings is 1. The maximum Gasteiger partial charge on any atom is 0.186 e. The van der Waals surface area contributed by atoms with E-state index in [0.29, 0.717) is 10.6 Å². The summed E-state index contributed by atoms with van der Waals surface area (Å²) in [4.78, 5) is 0.155. The van der Waals surface area contributed by atoms with E-state index in [1.54, 1.807) is 12.1 Å². The van der Waals surface area contributed by atoms with Crippen molar-refractivity contribution in [1.82, 2.24) is 0 Å². The van der Waals surface area contributed by atoms with Gasteiger partial charge in [-0.25, -0.2) is 4.21 Å². The summed E-state index contributed by atoms with van der Waals surface area (Å²) in [5.41, 5.74) is 0.310. The van der Waals surface area contributed by atoms with Crippen molar-refractivity contribution in [3.05, 3.63) is 28.8 Å². The molecule has 0 fully saturated rings. The summed E-state index contributed by atoms with van der Waals surface area (Å²) < 4.78 is 19.7. The third-order valence-electron chi connectivity index (χ3n) is 1.62. The number of aliphatic hydroxyl groups is 1. The Morgan fingerprint density at radius 1 is 1.54 bits per heavy atom. The monoisotopic (exact) mass is 220 g/mol. The average Bonchev–Trinajstić information content (AvgIpc) is 2.02. The summed E-state index contributed by atoms with van der Waals surface area (Å²) in [5.74, 6) is 0. The first kappa shape index (κ1) is 10.7. The average molecular weight is 221 g/mol. The summed E-state index contributed by atoms with van der Waals surface area (Å²) >= 11 is 3.65. The van der Waals surface area contributed by atoms with Crippen molar-refractivity contribution in [3.63, 3.8) is 0 Å². The number of aliphatic hydroxyl groups excluding tert-OH is 1. The van der Waals surface area contributed by atoms with E-state index in [1.807, 2.05) is 0 Å². The zero-order valence-corrected chi connectivity index (χ0v) is 8.47. The van der Waals surface area contributed by atoms with Gasteiger partial charge in [-0.1, -0.05) is 17.7 Å². The Labute approximate surface area is 83.6 Å². The summed E-state index contributed by atoms with van der Waals surface area (Å²) in [6.45, 7) is 1.50. The van der Waals surface area contributed by atoms with Crippen molar-refractivity contribution in [2.45, 2.75) is 17.9 Å². The van der Waals surface area contributed by atoms with Crippen LogP contribution < -0.4 is 0 Å². The molecule has 0 amide bonds. The molecule has 0 radical (unpaired) electrons. The molecule has 0 aliphatic rings. The van der Waals surface area contributed by atoms with Crippen molar-refractivity contribution in [2.75, 3.05) is 0 Å². The highest BCUT2D eigenvalue weighted by Crippen LogP contribution is 2.27. The van der Waals surface area contributed by atoms with Crippen LogP contribution in [0.25, 0.3) is 0 Å². The van der Waals surface area contributed by atoms with E-state index in [2.05, 4.69) is 0 Å². The van der Waals surface area contributed by atoms with Gasteiger partial charge in [0.05, 0.1) is 11.0 Å². The van der Waals surface area contributed by atoms with E-state index in [1.165, 1.54) is 13.0 Å². The van der Waals surface area contributed by atoms with E-state index >= 15 is 0 Å². The smallest absolute Gasteiger partial charge is 0.186 e. The molecule has 0 spiro atoms. The summed E-state index contributed by atoms with van der Waals surface area (Å²) in [7, 11) is 0. The Morgan fingerprint density at radius 2 is 2.15 bits per heavy atom. The molecule has 0 heterocycles. The highest BCUT2D eigenvalue weighted by Gasteiger charge is 2.15. The van der Waals surface area contributed by atoms with Crippen LogP contribution in [0.15, 0.2) is 23.1 Å². The fourth-order valence-corrected chi connectivity index (χ4v) is 2.13. The second kappa shape index (κ2) is 4.19. The molecule has 3 nitrogen and oxygen atoms in total. The van der Waals surface area contributed by atoms with Gasteiger partial charge in [-0.05, 0) is 19.1 Å². The third-order valence-corrected chi connectivity index (χ3v) is 2.68. The lowest BCUT2D eigenvalue weighted by molar-refractivity contribution is 0.196. The molecule has 2 N–H and O–H groups in total. The van der Waals surface area contributed by atoms with Crippen molar-refractivity contribution in [2.24, 2.45) is 0 Å². The summed E-state index contributed by atoms with van der Waals surface area (Å²) in [6, 6.07) is 4.60. The number of halogens is 1. The minimum absolute atomic E-state index is 0.155. The Bertz CT molecular complexity index is 338. The van der Waals surface area contributed by atoms with E-state index in [9.17, 15) is 9.32 Å². The van der Waals surface area contributed by atoms with Crippen LogP contribution in [0.4, 0.5) is 0 Å². The predicted octanol–water partition coefficient (Wildman–Crippen LogP) is 1.97. The molecule has 0 aliphatic heterocycles. The van der Waals surface area contributed by atoms with Crippen LogP contribution in [0.5, 0.6) is 0 Å². The van der Waals surface area contributed by atoms with Gasteiger partial charge in [-0.2, -0.15) is 0 Å². The van der Waals surface area contributed by atoms with Crippen molar-refractivity contribution in [3.8, 4) is 0 Å². The molecule has 1 aromatic rings. The lowest BCUT2D eigenvalue weighted by Gasteiger charge is -2.10. The lowest BCUT2D eigenvalue weighted by Crippen LogP contribution is -2.01. The van der Waals surface area contributed by atoms with Gasteiger partial charge in [-0.3, -0.25) is 0 Å². The van der Waals surface area contributed by atoms with Gasteiger partial charge in [0.25, 0.3) is 0 Å². The fourth-order valence-electron chi connectivity index (χ4n) is 1.07. The molecule has 0 aromatic heterocycles. The Hall–Kier alpha value is -0.420. The van der Waals surface area contributed by atoms with E-state index in [-0.39, 0.29) is 4.90 Å². The zero-order chi connectivity index (χ0) is 10.0. The van der Waals surface area contributed by atoms with Crippen LogP contribution in [-0.2, 0) is 11.1 Å². The molecular formula is C8H9ClO3S. The van der Waals surface area contributed by atoms with E-state index in [4.69, 9.17) is 16.2 Å². The largest absolute Gasteiger partial charge is 0.389 e. The van der Waals surface area contributed by atoms with Gasteiger partial charge < -0.3 is 9.66 Å². The molecule has 0 bridgehead atoms. The van der Waals surface area contributed by atoms with Crippen molar-refractivity contribution in [1.29, 1.82) is 0 Å². The van der Waals surface area contributed by atoms with Crippen LogP contribution in [0.2, 0.25) is 5.02 Å². The number of rotatable bonds is 2. The molecule has 0 saturated heterocycles. The highest BCUT2D eigenvalue weighted by molar-refractivity contribution is 7.79. The number of hydrogen-bond donors (Lipinski definition) is 2. The molecule has 1 aromatic carbocycles. The predicted molar refractivity (Wildman–Crippen MR) is 51.1 cm³/mol. The maximum absolute atomic E-state index is 10.8. The number of hydrogen-bond acceptors (Lipinski definition) is 2. The van der Waals surface area contributed by atoms with Crippen LogP contribution in [0.1, 0.15) is 18.6 Å². The molecule has 13 heavy (non-hydrogen) atoms. The molecule has 0 aliphatic carbocycles. The molecule has 0 saturated carbocycles. The van der Waals surface area contributed by atoms with Crippen LogP contribution >= 0.6 is 11.6 Å².